The number of amides is 10. The maximum Gasteiger partial charge on any atom is 0.321 e. The number of carbonyl (C=O) groups is 16. The molecule has 10 fully saturated rings. The average molecular weight is 1720 g/mol. The lowest BCUT2D eigenvalue weighted by Crippen LogP contribution is -2.74. The summed E-state index contributed by atoms with van der Waals surface area (Å²) in [6.45, 7) is 11.5. The summed E-state index contributed by atoms with van der Waals surface area (Å²) in [5, 5.41) is 62.1. The maximum atomic E-state index is 13.5. The molecule has 0 spiro atoms. The van der Waals surface area contributed by atoms with Gasteiger partial charge in [-0.15, -0.1) is 0 Å². The van der Waals surface area contributed by atoms with Crippen LogP contribution in [-0.2, 0) is 86.2 Å². The number of fused-ring (bicyclic) bond motifs is 12. The summed E-state index contributed by atoms with van der Waals surface area (Å²) >= 11 is 0. The molecule has 17 rings (SSSR count). The van der Waals surface area contributed by atoms with Gasteiger partial charge in [0.25, 0.3) is 17.1 Å². The quantitative estimate of drug-likeness (QED) is 0.00725. The van der Waals surface area contributed by atoms with Crippen molar-refractivity contribution in [3.8, 4) is 24.9 Å². The summed E-state index contributed by atoms with van der Waals surface area (Å²) < 4.78 is 9.02. The van der Waals surface area contributed by atoms with Crippen molar-refractivity contribution in [3.63, 3.8) is 0 Å². The molecule has 6 aliphatic heterocycles. The smallest absolute Gasteiger partial charge is 0.321 e. The van der Waals surface area contributed by atoms with Crippen LogP contribution < -0.4 is 58.1 Å². The molecule has 6 atom stereocenters. The van der Waals surface area contributed by atoms with Gasteiger partial charge in [0.05, 0.1) is 128 Å². The summed E-state index contributed by atoms with van der Waals surface area (Å²) in [6, 6.07) is 45.2. The molecule has 126 heavy (non-hydrogen) atoms. The number of cyclic esters (lactones) is 4. The van der Waals surface area contributed by atoms with Crippen LogP contribution in [0.3, 0.4) is 0 Å². The molecule has 7 aromatic rings. The Morgan fingerprint density at radius 3 is 0.825 bits per heavy atom. The molecule has 0 bridgehead atoms. The van der Waals surface area contributed by atoms with E-state index in [9.17, 15) is 117 Å². The fraction of sp³-hybridized carbons (Fsp3) is 0.279. The molecule has 6 unspecified atom stereocenters. The Labute approximate surface area is 711 Å². The second-order valence-corrected chi connectivity index (χ2v) is 32.9. The number of hydrogen-bond donors (Lipinski definition) is 9. The van der Waals surface area contributed by atoms with Gasteiger partial charge >= 0.3 is 35.8 Å². The number of imide groups is 4. The van der Waals surface area contributed by atoms with Crippen LogP contribution in [0.4, 0.5) is 79.6 Å². The number of rotatable bonds is 15. The largest absolute Gasteiger partial charge is 0.481 e. The van der Waals surface area contributed by atoms with E-state index in [0.29, 0.717) is 45.5 Å². The number of nitro benzene ring substituents is 3. The van der Waals surface area contributed by atoms with Crippen molar-refractivity contribution in [3.05, 3.63) is 200 Å². The number of carbonyl (C=O) groups excluding carboxylic acids is 14. The van der Waals surface area contributed by atoms with Crippen LogP contribution in [0.25, 0.3) is 0 Å². The van der Waals surface area contributed by atoms with Crippen LogP contribution in [0.2, 0.25) is 0 Å². The van der Waals surface area contributed by atoms with Gasteiger partial charge in [-0.2, -0.15) is 0 Å². The zero-order valence-corrected chi connectivity index (χ0v) is 67.5. The number of nitrogens with two attached hydrogens (primary N) is 3. The SMILES string of the molecule is C#CNc1ccc(N2C(=O)C3C(C)(C2=O)C2C(=O)N(c4ccc([N+](=O)[O-])cc4)C(=O)C32C)cc1.C#CNc1ccc(NC(=O)C2C(C)(C(=O)O)C(C(=O)Nc3ccc([N+](=O)[O-])cc3)C2(C)C(=O)O)cc1.CC12C(=O)N(c3ccc(N)cc3)C(=O)C1C1(C)C(=O)N(c3ccc(N)cc3)C(=O)C21.CC12C(=O)OC(=O)C1C1(C)C(=O)OC(=O)C21.Nc1ccc([N+](=O)[O-])cc1. The Balaban J connectivity index is 0.000000142. The summed E-state index contributed by atoms with van der Waals surface area (Å²) in [6.07, 6.45) is 10.4. The van der Waals surface area contributed by atoms with Gasteiger partial charge in [0.2, 0.25) is 59.1 Å². The second-order valence-electron chi connectivity index (χ2n) is 32.9. The van der Waals surface area contributed by atoms with Crippen LogP contribution in [0, 0.1) is 146 Å². The molecular formula is C86H74N14O26. The first-order valence-corrected chi connectivity index (χ1v) is 38.1. The first-order valence-electron chi connectivity index (χ1n) is 38.1. The molecule has 40 heteroatoms. The number of esters is 4. The molecule has 6 heterocycles. The van der Waals surface area contributed by atoms with Gasteiger partial charge in [0.1, 0.15) is 0 Å². The van der Waals surface area contributed by atoms with Gasteiger partial charge < -0.3 is 58.2 Å². The van der Waals surface area contributed by atoms with E-state index in [4.69, 9.17) is 30.0 Å². The van der Waals surface area contributed by atoms with Crippen LogP contribution in [0.15, 0.2) is 170 Å². The van der Waals surface area contributed by atoms with Crippen molar-refractivity contribution < 1.29 is 111 Å². The lowest BCUT2D eigenvalue weighted by Gasteiger charge is -2.59. The minimum Gasteiger partial charge on any atom is -0.481 e. The van der Waals surface area contributed by atoms with Gasteiger partial charge in [-0.05, 0) is 189 Å². The fourth-order valence-electron chi connectivity index (χ4n) is 20.5. The number of ether oxygens (including phenoxy) is 2. The number of nitrogens with one attached hydrogen (secondary N) is 4. The first-order chi connectivity index (χ1) is 59.1. The zero-order chi connectivity index (χ0) is 92.4. The topological polar surface area (TPSA) is 601 Å². The third-order valence-electron chi connectivity index (χ3n) is 26.1. The van der Waals surface area contributed by atoms with Crippen molar-refractivity contribution in [2.75, 3.05) is 58.1 Å². The fourth-order valence-corrected chi connectivity index (χ4v) is 20.5. The molecule has 6 saturated heterocycles. The molecule has 10 amide bonds. The molecule has 40 nitrogen and oxygen atoms in total. The van der Waals surface area contributed by atoms with Crippen LogP contribution in [0.5, 0.6) is 0 Å². The van der Waals surface area contributed by atoms with Crippen molar-refractivity contribution in [1.29, 1.82) is 0 Å². The molecule has 4 saturated carbocycles. The number of carboxylic acid groups (broad SMARTS) is 2. The van der Waals surface area contributed by atoms with Gasteiger partial charge in [0, 0.05) is 88.3 Å². The number of hydrogen-bond acceptors (Lipinski definition) is 29. The Morgan fingerprint density at radius 2 is 0.571 bits per heavy atom. The van der Waals surface area contributed by atoms with E-state index in [1.54, 1.807) is 106 Å². The van der Waals surface area contributed by atoms with Gasteiger partial charge in [-0.3, -0.25) is 107 Å². The standard InChI is InChI=1S/C24H22N4O8.C24H18N4O6.C22H20N4O4.C10H8O6.C6H6N2O2/c1-4-25-13-5-7-14(8-6-13)26-19(29)17-23(2,21(31)32)18(24(17,3)22(33)34)20(30)27-15-9-11-16(12-10-15)28(35)36;1-4-25-13-5-7-14(8-6-13)26-19(29)17-23(2,21(26)31)18-20(30)27(22(32)24(17,18)3)15-9-11-16(12-10-15)28(33)34;1-21-15(17(27)25(19(21)29)13-7-3-11(23)4-8-13)22(2)16(21)18(28)26(20(22)30)14-9-5-12(24)6-10-14;1-9-3(5(11)15-7(9)13)10(2)4(9)6(12)16-8(10)14;7-5-1-3-6(4-2-5)8(9)10/h1,5-12,17-18,25H,2-3H3,(H,26,29)(H,27,30)(H,31,32)(H,33,34);1,5-12,17-18,25H,2-3H3;3-10,15-16H,23-24H2,1-2H3;3-4H,1-2H3;1-4H,7H2. The molecule has 0 aromatic heterocycles. The number of non-ortho nitro benzene ring substituents is 3. The highest BCUT2D eigenvalue weighted by Gasteiger charge is 2.89. The number of terminal acetylenes is 2. The predicted octanol–water partition coefficient (Wildman–Crippen LogP) is 7.05. The zero-order valence-electron chi connectivity index (χ0n) is 67.5. The van der Waals surface area contributed by atoms with Crippen LogP contribution in [0.1, 0.15) is 55.4 Å². The van der Waals surface area contributed by atoms with E-state index in [1.807, 2.05) is 0 Å². The molecule has 7 aromatic carbocycles. The van der Waals surface area contributed by atoms with Crippen molar-refractivity contribution in [2.24, 2.45) is 90.7 Å². The average Bonchev–Trinajstić information content (AvgIpc) is 1.47. The number of nitrogen functional groups attached to an aromatic ring is 3. The molecule has 644 valence electrons. The monoisotopic (exact) mass is 1720 g/mol. The molecule has 12 N–H and O–H groups in total. The number of benzene rings is 7. The Bertz CT molecular complexity index is 5910. The summed E-state index contributed by atoms with van der Waals surface area (Å²) in [5.74, 6) is -20.9. The van der Waals surface area contributed by atoms with Crippen LogP contribution >= 0.6 is 0 Å². The third-order valence-corrected chi connectivity index (χ3v) is 26.1. The second kappa shape index (κ2) is 30.6. The van der Waals surface area contributed by atoms with Gasteiger partial charge in [0.15, 0.2) is 0 Å². The number of carboxylic acids is 2. The number of nitro groups is 3. The summed E-state index contributed by atoms with van der Waals surface area (Å²) in [7, 11) is 0. The molecule has 10 aliphatic rings. The van der Waals surface area contributed by atoms with E-state index in [0.717, 1.165) is 45.6 Å². The maximum absolute atomic E-state index is 13.5. The van der Waals surface area contributed by atoms with E-state index in [1.165, 1.54) is 93.6 Å². The normalized spacial score (nSPS) is 29.6. The highest BCUT2D eigenvalue weighted by Crippen LogP contribution is 2.74. The predicted molar refractivity (Wildman–Crippen MR) is 441 cm³/mol. The van der Waals surface area contributed by atoms with Gasteiger partial charge in [-0.25, -0.2) is 19.6 Å². The Kier molecular flexibility index (Phi) is 21.2. The third kappa shape index (κ3) is 12.6. The van der Waals surface area contributed by atoms with E-state index >= 15 is 0 Å². The Hall–Kier alpha value is -16.4. The van der Waals surface area contributed by atoms with E-state index < -0.39 is 200 Å². The lowest BCUT2D eigenvalue weighted by molar-refractivity contribution is -0.385. The number of aliphatic carboxylic acids is 2. The highest BCUT2D eigenvalue weighted by atomic mass is 16.6. The first kappa shape index (κ1) is 87.4. The van der Waals surface area contributed by atoms with E-state index in [-0.39, 0.29) is 34.1 Å². The van der Waals surface area contributed by atoms with Gasteiger partial charge in [-0.1, -0.05) is 12.8 Å². The molecule has 4 aliphatic carbocycles. The highest BCUT2D eigenvalue weighted by molar-refractivity contribution is 6.36. The summed E-state index contributed by atoms with van der Waals surface area (Å²) in [4.78, 5) is 239. The van der Waals surface area contributed by atoms with Crippen LogP contribution in [-0.4, -0.2) is 120 Å². The van der Waals surface area contributed by atoms with E-state index in [2.05, 4.69) is 42.8 Å². The lowest BCUT2D eigenvalue weighted by atomic mass is 9.39. The van der Waals surface area contributed by atoms with Crippen molar-refractivity contribution >= 4 is 175 Å². The molecule has 0 radical (unpaired) electrons. The number of anilines is 11. The minimum absolute atomic E-state index is 0.0641. The summed E-state index contributed by atoms with van der Waals surface area (Å²) in [5.41, 5.74) is 8.72. The Morgan fingerprint density at radius 1 is 0.357 bits per heavy atom. The molecular weight excluding hydrogens is 1650 g/mol. The van der Waals surface area contributed by atoms with Crippen molar-refractivity contribution in [2.45, 2.75) is 55.4 Å². The number of nitrogens with zero attached hydrogens (tertiary/aromatic N) is 7. The minimum atomic E-state index is -2.08. The van der Waals surface area contributed by atoms with Crippen molar-refractivity contribution in [1.82, 2.24) is 0 Å².